The molecule has 1 atom stereocenters. The monoisotopic (exact) mass is 354 g/mol. The minimum absolute atomic E-state index is 0.593. The highest BCUT2D eigenvalue weighted by Crippen LogP contribution is 2.31. The lowest BCUT2D eigenvalue weighted by molar-refractivity contribution is 0.220. The fraction of sp³-hybridized carbons (Fsp3) is 0.143. The fourth-order valence-electron chi connectivity index (χ4n) is 1.65. The predicted octanol–water partition coefficient (Wildman–Crippen LogP) is 4.60. The van der Waals surface area contributed by atoms with Crippen LogP contribution in [-0.2, 0) is 0 Å². The Labute approximate surface area is 118 Å². The highest BCUT2D eigenvalue weighted by Gasteiger charge is 2.12. The van der Waals surface area contributed by atoms with E-state index in [1.54, 1.807) is 0 Å². The zero-order valence-corrected chi connectivity index (χ0v) is 12.5. The number of halogens is 2. The van der Waals surface area contributed by atoms with Crippen molar-refractivity contribution in [3.05, 3.63) is 68.1 Å². The van der Waals surface area contributed by atoms with Crippen LogP contribution in [0, 0.1) is 6.92 Å². The first-order valence-corrected chi connectivity index (χ1v) is 6.86. The van der Waals surface area contributed by atoms with Crippen LogP contribution in [0.25, 0.3) is 0 Å². The molecule has 0 saturated heterocycles. The maximum Gasteiger partial charge on any atom is 0.104 e. The first-order chi connectivity index (χ1) is 8.09. The molecule has 0 radical (unpaired) electrons. The van der Waals surface area contributed by atoms with E-state index in [0.717, 1.165) is 25.6 Å². The van der Waals surface area contributed by atoms with Gasteiger partial charge in [0, 0.05) is 8.95 Å². The summed E-state index contributed by atoms with van der Waals surface area (Å²) in [5.41, 5.74) is 2.91. The van der Waals surface area contributed by atoms with Gasteiger partial charge in [-0.25, -0.2) is 0 Å². The van der Waals surface area contributed by atoms with Gasteiger partial charge in [-0.2, -0.15) is 0 Å². The molecule has 0 fully saturated rings. The molecule has 0 bridgehead atoms. The van der Waals surface area contributed by atoms with Crippen LogP contribution in [0.1, 0.15) is 22.8 Å². The molecule has 0 aliphatic carbocycles. The SMILES string of the molecule is Cc1c(Br)cc(C(O)c2ccccc2)cc1Br. The van der Waals surface area contributed by atoms with Gasteiger partial charge >= 0.3 is 0 Å². The molecule has 2 aromatic rings. The summed E-state index contributed by atoms with van der Waals surface area (Å²) in [5.74, 6) is 0. The summed E-state index contributed by atoms with van der Waals surface area (Å²) in [5, 5.41) is 10.3. The van der Waals surface area contributed by atoms with E-state index in [1.807, 2.05) is 49.4 Å². The van der Waals surface area contributed by atoms with Gasteiger partial charge in [-0.1, -0.05) is 62.2 Å². The van der Waals surface area contributed by atoms with E-state index in [9.17, 15) is 5.11 Å². The van der Waals surface area contributed by atoms with E-state index >= 15 is 0 Å². The van der Waals surface area contributed by atoms with Gasteiger partial charge in [0.2, 0.25) is 0 Å². The minimum atomic E-state index is -0.593. The van der Waals surface area contributed by atoms with E-state index in [0.29, 0.717) is 0 Å². The van der Waals surface area contributed by atoms with Crippen LogP contribution in [0.5, 0.6) is 0 Å². The Morgan fingerprint density at radius 3 is 2.00 bits per heavy atom. The Morgan fingerprint density at radius 1 is 0.941 bits per heavy atom. The van der Waals surface area contributed by atoms with Crippen LogP contribution in [-0.4, -0.2) is 5.11 Å². The highest BCUT2D eigenvalue weighted by atomic mass is 79.9. The summed E-state index contributed by atoms with van der Waals surface area (Å²) < 4.78 is 1.99. The average Bonchev–Trinajstić information content (AvgIpc) is 2.35. The van der Waals surface area contributed by atoms with Crippen LogP contribution in [0.15, 0.2) is 51.4 Å². The number of aliphatic hydroxyl groups excluding tert-OH is 1. The van der Waals surface area contributed by atoms with E-state index < -0.39 is 6.10 Å². The smallest absolute Gasteiger partial charge is 0.104 e. The molecule has 1 unspecified atom stereocenters. The molecule has 0 saturated carbocycles. The van der Waals surface area contributed by atoms with Crippen molar-refractivity contribution in [3.63, 3.8) is 0 Å². The molecule has 0 aromatic heterocycles. The Bertz CT molecular complexity index is 500. The number of hydrogen-bond acceptors (Lipinski definition) is 1. The van der Waals surface area contributed by atoms with Crippen molar-refractivity contribution < 1.29 is 5.11 Å². The number of benzene rings is 2. The van der Waals surface area contributed by atoms with Gasteiger partial charge in [0.25, 0.3) is 0 Å². The normalized spacial score (nSPS) is 12.5. The van der Waals surface area contributed by atoms with Gasteiger partial charge in [-0.05, 0) is 35.7 Å². The first kappa shape index (κ1) is 12.8. The van der Waals surface area contributed by atoms with E-state index in [2.05, 4.69) is 31.9 Å². The molecule has 0 spiro atoms. The molecule has 1 N–H and O–H groups in total. The van der Waals surface area contributed by atoms with Crippen molar-refractivity contribution in [2.45, 2.75) is 13.0 Å². The molecule has 0 heterocycles. The van der Waals surface area contributed by atoms with E-state index in [-0.39, 0.29) is 0 Å². The van der Waals surface area contributed by atoms with Crippen molar-refractivity contribution in [3.8, 4) is 0 Å². The molecular formula is C14H12Br2O. The van der Waals surface area contributed by atoms with Gasteiger partial charge in [0.1, 0.15) is 6.10 Å². The standard InChI is InChI=1S/C14H12Br2O/c1-9-12(15)7-11(8-13(9)16)14(17)10-5-3-2-4-6-10/h2-8,14,17H,1H3. The topological polar surface area (TPSA) is 20.2 Å². The summed E-state index contributed by atoms with van der Waals surface area (Å²) >= 11 is 6.99. The zero-order chi connectivity index (χ0) is 12.4. The van der Waals surface area contributed by atoms with Gasteiger partial charge < -0.3 is 5.11 Å². The Balaban J connectivity index is 2.41. The molecule has 0 aliphatic heterocycles. The Morgan fingerprint density at radius 2 is 1.47 bits per heavy atom. The maximum atomic E-state index is 10.3. The number of aliphatic hydroxyl groups is 1. The summed E-state index contributed by atoms with van der Waals surface area (Å²) in [7, 11) is 0. The van der Waals surface area contributed by atoms with E-state index in [1.165, 1.54) is 0 Å². The fourth-order valence-corrected chi connectivity index (χ4v) is 2.87. The van der Waals surface area contributed by atoms with Crippen molar-refractivity contribution in [1.82, 2.24) is 0 Å². The molecular weight excluding hydrogens is 344 g/mol. The third-order valence-electron chi connectivity index (χ3n) is 2.73. The molecule has 0 amide bonds. The lowest BCUT2D eigenvalue weighted by Gasteiger charge is -2.13. The third-order valence-corrected chi connectivity index (χ3v) is 4.38. The van der Waals surface area contributed by atoms with Gasteiger partial charge in [-0.3, -0.25) is 0 Å². The molecule has 3 heteroatoms. The summed E-state index contributed by atoms with van der Waals surface area (Å²) in [6.45, 7) is 2.02. The molecule has 2 rings (SSSR count). The van der Waals surface area contributed by atoms with Crippen molar-refractivity contribution in [2.24, 2.45) is 0 Å². The van der Waals surface area contributed by atoms with Crippen LogP contribution >= 0.6 is 31.9 Å². The molecule has 88 valence electrons. The van der Waals surface area contributed by atoms with Crippen molar-refractivity contribution in [1.29, 1.82) is 0 Å². The van der Waals surface area contributed by atoms with E-state index in [4.69, 9.17) is 0 Å². The highest BCUT2D eigenvalue weighted by molar-refractivity contribution is 9.11. The zero-order valence-electron chi connectivity index (χ0n) is 9.32. The van der Waals surface area contributed by atoms with Gasteiger partial charge in [0.05, 0.1) is 0 Å². The molecule has 2 aromatic carbocycles. The Hall–Kier alpha value is -0.640. The predicted molar refractivity (Wildman–Crippen MR) is 77.1 cm³/mol. The van der Waals surface area contributed by atoms with Crippen molar-refractivity contribution >= 4 is 31.9 Å². The van der Waals surface area contributed by atoms with Crippen LogP contribution < -0.4 is 0 Å². The lowest BCUT2D eigenvalue weighted by atomic mass is 10.0. The third kappa shape index (κ3) is 2.79. The minimum Gasteiger partial charge on any atom is -0.384 e. The first-order valence-electron chi connectivity index (χ1n) is 5.28. The second-order valence-electron chi connectivity index (χ2n) is 3.92. The van der Waals surface area contributed by atoms with Crippen molar-refractivity contribution in [2.75, 3.05) is 0 Å². The second-order valence-corrected chi connectivity index (χ2v) is 5.63. The number of hydrogen-bond donors (Lipinski definition) is 1. The Kier molecular flexibility index (Phi) is 4.02. The van der Waals surface area contributed by atoms with Gasteiger partial charge in [-0.15, -0.1) is 0 Å². The lowest BCUT2D eigenvalue weighted by Crippen LogP contribution is -2.00. The quantitative estimate of drug-likeness (QED) is 0.834. The van der Waals surface area contributed by atoms with Crippen LogP contribution in [0.4, 0.5) is 0 Å². The number of rotatable bonds is 2. The summed E-state index contributed by atoms with van der Waals surface area (Å²) in [6, 6.07) is 13.6. The maximum absolute atomic E-state index is 10.3. The molecule has 0 aliphatic rings. The summed E-state index contributed by atoms with van der Waals surface area (Å²) in [6.07, 6.45) is -0.593. The molecule has 1 nitrogen and oxygen atoms in total. The average molecular weight is 356 g/mol. The summed E-state index contributed by atoms with van der Waals surface area (Å²) in [4.78, 5) is 0. The van der Waals surface area contributed by atoms with Crippen LogP contribution in [0.2, 0.25) is 0 Å². The van der Waals surface area contributed by atoms with Crippen LogP contribution in [0.3, 0.4) is 0 Å². The largest absolute Gasteiger partial charge is 0.384 e. The molecule has 17 heavy (non-hydrogen) atoms. The second kappa shape index (κ2) is 5.34. The van der Waals surface area contributed by atoms with Gasteiger partial charge in [0.15, 0.2) is 0 Å².